The Kier molecular flexibility index (Phi) is 9.44. The van der Waals surface area contributed by atoms with Gasteiger partial charge in [-0.05, 0) is 0 Å². The van der Waals surface area contributed by atoms with Crippen molar-refractivity contribution >= 4 is 23.9 Å². The predicted octanol–water partition coefficient (Wildman–Crippen LogP) is -0.0979. The molecule has 0 heterocycles. The number of carboxylic acids is 3. The smallest absolute Gasteiger partial charge is 0.331 e. The average Bonchev–Trinajstić information content (AvgIpc) is 2.25. The van der Waals surface area contributed by atoms with Gasteiger partial charge in [0.2, 0.25) is 0 Å². The third-order valence-corrected chi connectivity index (χ3v) is 1.23. The molecule has 0 amide bonds. The topological polar surface area (TPSA) is 138 Å². The Balaban J connectivity index is 0. The molecule has 8 heteroatoms. The standard InChI is InChI=1S/2C5H6O4/c1-9-5(8)3-2-4(6)7;1-3(5(8)9)2-4(6)7/h2-3H,1H3,(H,6,7);1-2H2,(H,6,7)(H,8,9). The molecule has 0 unspecified atom stereocenters. The summed E-state index contributed by atoms with van der Waals surface area (Å²) in [6, 6.07) is 0. The number of rotatable bonds is 5. The first-order valence-electron chi connectivity index (χ1n) is 4.32. The number of carboxylic acid groups (broad SMARTS) is 3. The highest BCUT2D eigenvalue weighted by Gasteiger charge is 2.07. The van der Waals surface area contributed by atoms with E-state index in [1.807, 2.05) is 0 Å². The number of methoxy groups -OCH3 is 1. The van der Waals surface area contributed by atoms with Gasteiger partial charge in [0.15, 0.2) is 0 Å². The molecule has 0 aromatic heterocycles. The Labute approximate surface area is 102 Å². The Morgan fingerprint density at radius 3 is 1.83 bits per heavy atom. The maximum atomic E-state index is 10.1. The molecule has 0 fully saturated rings. The van der Waals surface area contributed by atoms with Crippen LogP contribution in [0.4, 0.5) is 0 Å². The number of aliphatic carboxylic acids is 3. The molecule has 8 nitrogen and oxygen atoms in total. The van der Waals surface area contributed by atoms with Crippen LogP contribution in [-0.4, -0.2) is 46.3 Å². The second kappa shape index (κ2) is 9.58. The van der Waals surface area contributed by atoms with Gasteiger partial charge in [0.25, 0.3) is 0 Å². The van der Waals surface area contributed by atoms with Crippen molar-refractivity contribution < 1.29 is 39.2 Å². The molecule has 0 aliphatic carbocycles. The van der Waals surface area contributed by atoms with E-state index in [-0.39, 0.29) is 5.57 Å². The minimum atomic E-state index is -1.27. The van der Waals surface area contributed by atoms with Crippen LogP contribution >= 0.6 is 0 Å². The SMILES string of the molecule is C=C(CC(=O)O)C(=O)O.COC(=O)C=CC(=O)O. The first-order chi connectivity index (χ1) is 8.20. The lowest BCUT2D eigenvalue weighted by Crippen LogP contribution is -2.04. The molecular formula is C10H12O8. The van der Waals surface area contributed by atoms with Crippen LogP contribution in [0.3, 0.4) is 0 Å². The van der Waals surface area contributed by atoms with E-state index in [1.165, 1.54) is 7.11 Å². The van der Waals surface area contributed by atoms with E-state index in [2.05, 4.69) is 11.3 Å². The highest BCUT2D eigenvalue weighted by molar-refractivity contribution is 5.91. The molecule has 3 N–H and O–H groups in total. The largest absolute Gasteiger partial charge is 0.481 e. The number of carbonyl (C=O) groups is 4. The summed E-state index contributed by atoms with van der Waals surface area (Å²) in [6.45, 7) is 3.01. The average molecular weight is 260 g/mol. The second-order valence-electron chi connectivity index (χ2n) is 2.67. The molecule has 0 rings (SSSR count). The van der Waals surface area contributed by atoms with Crippen LogP contribution in [0.2, 0.25) is 0 Å². The molecule has 100 valence electrons. The predicted molar refractivity (Wildman–Crippen MR) is 57.8 cm³/mol. The quantitative estimate of drug-likeness (QED) is 0.460. The van der Waals surface area contributed by atoms with Crippen molar-refractivity contribution in [3.63, 3.8) is 0 Å². The van der Waals surface area contributed by atoms with Gasteiger partial charge in [-0.3, -0.25) is 4.79 Å². The fourth-order valence-electron chi connectivity index (χ4n) is 0.466. The Morgan fingerprint density at radius 1 is 1.11 bits per heavy atom. The molecule has 0 saturated heterocycles. The molecule has 0 aliphatic rings. The zero-order chi connectivity index (χ0) is 14.7. The van der Waals surface area contributed by atoms with Crippen LogP contribution in [0, 0.1) is 0 Å². The first kappa shape index (κ1) is 17.7. The lowest BCUT2D eigenvalue weighted by molar-refractivity contribution is -0.139. The fourth-order valence-corrected chi connectivity index (χ4v) is 0.466. The van der Waals surface area contributed by atoms with E-state index in [0.717, 1.165) is 6.08 Å². The molecule has 0 saturated carbocycles. The van der Waals surface area contributed by atoms with Crippen molar-refractivity contribution in [2.45, 2.75) is 6.42 Å². The zero-order valence-electron chi connectivity index (χ0n) is 9.45. The van der Waals surface area contributed by atoms with E-state index in [4.69, 9.17) is 15.3 Å². The summed E-state index contributed by atoms with van der Waals surface area (Å²) < 4.78 is 4.11. The lowest BCUT2D eigenvalue weighted by atomic mass is 10.2. The van der Waals surface area contributed by atoms with E-state index < -0.39 is 30.3 Å². The van der Waals surface area contributed by atoms with Crippen LogP contribution in [-0.2, 0) is 23.9 Å². The van der Waals surface area contributed by atoms with Gasteiger partial charge < -0.3 is 20.1 Å². The summed E-state index contributed by atoms with van der Waals surface area (Å²) in [5, 5.41) is 24.0. The normalized spacial score (nSPS) is 8.94. The molecule has 0 spiro atoms. The number of hydrogen-bond acceptors (Lipinski definition) is 5. The van der Waals surface area contributed by atoms with Crippen molar-refractivity contribution in [3.05, 3.63) is 24.3 Å². The summed E-state index contributed by atoms with van der Waals surface area (Å²) >= 11 is 0. The zero-order valence-corrected chi connectivity index (χ0v) is 9.45. The van der Waals surface area contributed by atoms with E-state index >= 15 is 0 Å². The van der Waals surface area contributed by atoms with Gasteiger partial charge in [-0.15, -0.1) is 0 Å². The molecular weight excluding hydrogens is 248 g/mol. The van der Waals surface area contributed by atoms with Crippen LogP contribution in [0.15, 0.2) is 24.3 Å². The molecule has 0 aliphatic heterocycles. The molecule has 0 aromatic carbocycles. The maximum absolute atomic E-state index is 10.1. The van der Waals surface area contributed by atoms with E-state index in [0.29, 0.717) is 6.08 Å². The monoisotopic (exact) mass is 260 g/mol. The first-order valence-corrected chi connectivity index (χ1v) is 4.32. The van der Waals surface area contributed by atoms with Crippen molar-refractivity contribution in [1.29, 1.82) is 0 Å². The summed E-state index contributed by atoms with van der Waals surface area (Å²) in [5.41, 5.74) is -0.303. The minimum absolute atomic E-state index is 0.303. The van der Waals surface area contributed by atoms with Crippen LogP contribution < -0.4 is 0 Å². The molecule has 0 atom stereocenters. The second-order valence-corrected chi connectivity index (χ2v) is 2.67. The van der Waals surface area contributed by atoms with Crippen molar-refractivity contribution in [3.8, 4) is 0 Å². The highest BCUT2D eigenvalue weighted by Crippen LogP contribution is 1.95. The van der Waals surface area contributed by atoms with Crippen LogP contribution in [0.1, 0.15) is 6.42 Å². The van der Waals surface area contributed by atoms with Crippen LogP contribution in [0.25, 0.3) is 0 Å². The summed E-state index contributed by atoms with van der Waals surface area (Å²) in [6.07, 6.45) is 1.05. The van der Waals surface area contributed by atoms with E-state index in [1.54, 1.807) is 0 Å². The molecule has 18 heavy (non-hydrogen) atoms. The third kappa shape index (κ3) is 13.4. The molecule has 0 bridgehead atoms. The Hall–Kier alpha value is -2.64. The number of ether oxygens (including phenoxy) is 1. The van der Waals surface area contributed by atoms with Gasteiger partial charge in [-0.1, -0.05) is 6.58 Å². The van der Waals surface area contributed by atoms with Gasteiger partial charge >= 0.3 is 23.9 Å². The summed E-state index contributed by atoms with van der Waals surface area (Å²) in [7, 11) is 1.18. The minimum Gasteiger partial charge on any atom is -0.481 e. The van der Waals surface area contributed by atoms with Crippen molar-refractivity contribution in [2.24, 2.45) is 0 Å². The fraction of sp³-hybridized carbons (Fsp3) is 0.200. The van der Waals surface area contributed by atoms with Crippen molar-refractivity contribution in [2.75, 3.05) is 7.11 Å². The van der Waals surface area contributed by atoms with Crippen LogP contribution in [0.5, 0.6) is 0 Å². The highest BCUT2D eigenvalue weighted by atomic mass is 16.5. The maximum Gasteiger partial charge on any atom is 0.331 e. The number of carbonyl (C=O) groups excluding carboxylic acids is 1. The van der Waals surface area contributed by atoms with Gasteiger partial charge in [-0.25, -0.2) is 14.4 Å². The third-order valence-electron chi connectivity index (χ3n) is 1.23. The van der Waals surface area contributed by atoms with E-state index in [9.17, 15) is 19.2 Å². The number of hydrogen-bond donors (Lipinski definition) is 3. The summed E-state index contributed by atoms with van der Waals surface area (Å²) in [5.74, 6) is -4.28. The Bertz CT molecular complexity index is 379. The lowest BCUT2D eigenvalue weighted by Gasteiger charge is -1.91. The number of esters is 1. The van der Waals surface area contributed by atoms with Gasteiger partial charge in [0.05, 0.1) is 13.5 Å². The van der Waals surface area contributed by atoms with Gasteiger partial charge in [0, 0.05) is 17.7 Å². The Morgan fingerprint density at radius 2 is 1.61 bits per heavy atom. The summed E-state index contributed by atoms with van der Waals surface area (Å²) in [4.78, 5) is 39.5. The van der Waals surface area contributed by atoms with Crippen molar-refractivity contribution in [1.82, 2.24) is 0 Å². The van der Waals surface area contributed by atoms with Gasteiger partial charge in [-0.2, -0.15) is 0 Å². The van der Waals surface area contributed by atoms with Gasteiger partial charge in [0.1, 0.15) is 0 Å². The molecule has 0 aromatic rings. The molecule has 0 radical (unpaired) electrons.